The molecular formula is C15H23N3OS. The first-order chi connectivity index (χ1) is 9.72. The van der Waals surface area contributed by atoms with Gasteiger partial charge in [-0.2, -0.15) is 5.10 Å². The Bertz CT molecular complexity index is 547. The van der Waals surface area contributed by atoms with Crippen LogP contribution < -0.4 is 10.1 Å². The van der Waals surface area contributed by atoms with Gasteiger partial charge in [-0.3, -0.25) is 4.68 Å². The standard InChI is InChI=1S/C15H23N3OS/c1-5-8-16-13(15-11(6-2)7-9-20-15)14-12(19-4)10-17-18(14)3/h7,9-10,13,16H,5-6,8H2,1-4H3. The van der Waals surface area contributed by atoms with Crippen molar-refractivity contribution in [2.45, 2.75) is 32.7 Å². The van der Waals surface area contributed by atoms with E-state index < -0.39 is 0 Å². The van der Waals surface area contributed by atoms with E-state index in [2.05, 4.69) is 35.7 Å². The molecule has 0 aliphatic rings. The molecular weight excluding hydrogens is 270 g/mol. The normalized spacial score (nSPS) is 12.6. The molecule has 5 heteroatoms. The van der Waals surface area contributed by atoms with E-state index in [4.69, 9.17) is 4.74 Å². The summed E-state index contributed by atoms with van der Waals surface area (Å²) in [4.78, 5) is 1.36. The van der Waals surface area contributed by atoms with Crippen molar-refractivity contribution in [3.8, 4) is 5.75 Å². The molecule has 0 fully saturated rings. The van der Waals surface area contributed by atoms with E-state index in [1.165, 1.54) is 10.4 Å². The second-order valence-electron chi connectivity index (χ2n) is 4.77. The third-order valence-electron chi connectivity index (χ3n) is 3.46. The maximum atomic E-state index is 5.48. The number of hydrogen-bond acceptors (Lipinski definition) is 4. The van der Waals surface area contributed by atoms with Crippen molar-refractivity contribution < 1.29 is 4.74 Å². The van der Waals surface area contributed by atoms with E-state index in [9.17, 15) is 0 Å². The van der Waals surface area contributed by atoms with Gasteiger partial charge in [-0.1, -0.05) is 13.8 Å². The van der Waals surface area contributed by atoms with Crippen LogP contribution in [0.5, 0.6) is 5.75 Å². The Morgan fingerprint density at radius 2 is 2.25 bits per heavy atom. The number of ether oxygens (including phenoxy) is 1. The van der Waals surface area contributed by atoms with Crippen LogP contribution in [-0.2, 0) is 13.5 Å². The Labute approximate surface area is 124 Å². The molecule has 1 unspecified atom stereocenters. The molecule has 2 rings (SSSR count). The molecule has 0 saturated carbocycles. The summed E-state index contributed by atoms with van der Waals surface area (Å²) in [7, 11) is 3.67. The minimum atomic E-state index is 0.146. The molecule has 1 N–H and O–H groups in total. The van der Waals surface area contributed by atoms with Crippen molar-refractivity contribution in [3.05, 3.63) is 33.8 Å². The predicted octanol–water partition coefficient (Wildman–Crippen LogP) is 3.14. The van der Waals surface area contributed by atoms with Crippen molar-refractivity contribution in [2.24, 2.45) is 7.05 Å². The SMILES string of the molecule is CCCNC(c1sccc1CC)c1c(OC)cnn1C. The third-order valence-corrected chi connectivity index (χ3v) is 4.49. The molecule has 1 atom stereocenters. The summed E-state index contributed by atoms with van der Waals surface area (Å²) >= 11 is 1.80. The minimum Gasteiger partial charge on any atom is -0.493 e. The van der Waals surface area contributed by atoms with Crippen LogP contribution in [0.15, 0.2) is 17.6 Å². The first-order valence-electron chi connectivity index (χ1n) is 7.08. The molecule has 4 nitrogen and oxygen atoms in total. The van der Waals surface area contributed by atoms with Crippen LogP contribution in [0.2, 0.25) is 0 Å². The van der Waals surface area contributed by atoms with Crippen LogP contribution in [-0.4, -0.2) is 23.4 Å². The van der Waals surface area contributed by atoms with Gasteiger partial charge in [0.25, 0.3) is 0 Å². The number of nitrogens with zero attached hydrogens (tertiary/aromatic N) is 2. The van der Waals surface area contributed by atoms with Gasteiger partial charge in [0, 0.05) is 11.9 Å². The molecule has 0 saturated heterocycles. The number of nitrogens with one attached hydrogen (secondary N) is 1. The van der Waals surface area contributed by atoms with Crippen LogP contribution in [0.1, 0.15) is 42.4 Å². The monoisotopic (exact) mass is 293 g/mol. The van der Waals surface area contributed by atoms with Crippen molar-refractivity contribution in [3.63, 3.8) is 0 Å². The molecule has 0 aliphatic heterocycles. The summed E-state index contributed by atoms with van der Waals surface area (Å²) in [6, 6.07) is 2.36. The smallest absolute Gasteiger partial charge is 0.161 e. The average Bonchev–Trinajstić information content (AvgIpc) is 3.07. The lowest BCUT2D eigenvalue weighted by molar-refractivity contribution is 0.401. The number of aromatic nitrogens is 2. The Morgan fingerprint density at radius 3 is 2.90 bits per heavy atom. The quantitative estimate of drug-likeness (QED) is 0.852. The molecule has 0 amide bonds. The van der Waals surface area contributed by atoms with E-state index in [0.29, 0.717) is 0 Å². The van der Waals surface area contributed by atoms with Crippen LogP contribution >= 0.6 is 11.3 Å². The van der Waals surface area contributed by atoms with Gasteiger partial charge < -0.3 is 10.1 Å². The van der Waals surface area contributed by atoms with E-state index in [1.54, 1.807) is 24.6 Å². The summed E-state index contributed by atoms with van der Waals surface area (Å²) in [5, 5.41) is 10.1. The zero-order chi connectivity index (χ0) is 14.5. The van der Waals surface area contributed by atoms with Gasteiger partial charge in [-0.15, -0.1) is 11.3 Å². The van der Waals surface area contributed by atoms with Gasteiger partial charge >= 0.3 is 0 Å². The van der Waals surface area contributed by atoms with E-state index in [1.807, 2.05) is 11.7 Å². The van der Waals surface area contributed by atoms with Crippen molar-refractivity contribution in [1.29, 1.82) is 0 Å². The highest BCUT2D eigenvalue weighted by Gasteiger charge is 2.24. The third kappa shape index (κ3) is 2.88. The van der Waals surface area contributed by atoms with Crippen molar-refractivity contribution in [2.75, 3.05) is 13.7 Å². The van der Waals surface area contributed by atoms with Gasteiger partial charge in [0.05, 0.1) is 19.3 Å². The lowest BCUT2D eigenvalue weighted by atomic mass is 10.1. The maximum absolute atomic E-state index is 5.48. The fourth-order valence-corrected chi connectivity index (χ4v) is 3.48. The molecule has 0 aromatic carbocycles. The van der Waals surface area contributed by atoms with Crippen LogP contribution in [0.25, 0.3) is 0 Å². The first kappa shape index (κ1) is 15.1. The van der Waals surface area contributed by atoms with Crippen LogP contribution in [0.3, 0.4) is 0 Å². The molecule has 20 heavy (non-hydrogen) atoms. The second kappa shape index (κ2) is 6.90. The Kier molecular flexibility index (Phi) is 5.20. The Morgan fingerprint density at radius 1 is 1.45 bits per heavy atom. The molecule has 0 radical (unpaired) electrons. The zero-order valence-corrected chi connectivity index (χ0v) is 13.5. The number of thiophene rings is 1. The first-order valence-corrected chi connectivity index (χ1v) is 7.96. The number of rotatable bonds is 7. The minimum absolute atomic E-state index is 0.146. The fraction of sp³-hybridized carbons (Fsp3) is 0.533. The molecule has 2 aromatic rings. The van der Waals surface area contributed by atoms with Crippen molar-refractivity contribution in [1.82, 2.24) is 15.1 Å². The topological polar surface area (TPSA) is 39.1 Å². The number of hydrogen-bond donors (Lipinski definition) is 1. The summed E-state index contributed by atoms with van der Waals surface area (Å²) in [5.74, 6) is 0.844. The number of methoxy groups -OCH3 is 1. The highest BCUT2D eigenvalue weighted by atomic mass is 32.1. The lowest BCUT2D eigenvalue weighted by Crippen LogP contribution is -2.25. The predicted molar refractivity (Wildman–Crippen MR) is 83.6 cm³/mol. The molecule has 2 aromatic heterocycles. The molecule has 0 bridgehead atoms. The summed E-state index contributed by atoms with van der Waals surface area (Å²) < 4.78 is 7.39. The second-order valence-corrected chi connectivity index (χ2v) is 5.72. The van der Waals surface area contributed by atoms with Gasteiger partial charge in [0.2, 0.25) is 0 Å². The van der Waals surface area contributed by atoms with E-state index in [0.717, 1.165) is 30.8 Å². The van der Waals surface area contributed by atoms with Crippen LogP contribution in [0.4, 0.5) is 0 Å². The average molecular weight is 293 g/mol. The Hall–Kier alpha value is -1.33. The summed E-state index contributed by atoms with van der Waals surface area (Å²) in [6.45, 7) is 5.35. The van der Waals surface area contributed by atoms with Gasteiger partial charge in [-0.25, -0.2) is 0 Å². The van der Waals surface area contributed by atoms with Crippen LogP contribution in [0, 0.1) is 0 Å². The van der Waals surface area contributed by atoms with Gasteiger partial charge in [0.15, 0.2) is 5.75 Å². The van der Waals surface area contributed by atoms with Gasteiger partial charge in [0.1, 0.15) is 5.69 Å². The molecule has 110 valence electrons. The fourth-order valence-electron chi connectivity index (χ4n) is 2.41. The maximum Gasteiger partial charge on any atom is 0.161 e. The van der Waals surface area contributed by atoms with E-state index in [-0.39, 0.29) is 6.04 Å². The molecule has 0 aliphatic carbocycles. The molecule has 2 heterocycles. The lowest BCUT2D eigenvalue weighted by Gasteiger charge is -2.20. The zero-order valence-electron chi connectivity index (χ0n) is 12.6. The highest BCUT2D eigenvalue weighted by molar-refractivity contribution is 7.10. The van der Waals surface area contributed by atoms with Gasteiger partial charge in [-0.05, 0) is 36.4 Å². The summed E-state index contributed by atoms with van der Waals surface area (Å²) in [6.07, 6.45) is 3.93. The highest BCUT2D eigenvalue weighted by Crippen LogP contribution is 2.34. The van der Waals surface area contributed by atoms with Crippen molar-refractivity contribution >= 4 is 11.3 Å². The largest absolute Gasteiger partial charge is 0.493 e. The molecule has 0 spiro atoms. The summed E-state index contributed by atoms with van der Waals surface area (Å²) in [5.41, 5.74) is 2.49. The van der Waals surface area contributed by atoms with E-state index >= 15 is 0 Å². The number of aryl methyl sites for hydroxylation is 2. The Balaban J connectivity index is 2.44.